The van der Waals surface area contributed by atoms with Crippen molar-refractivity contribution in [2.75, 3.05) is 19.6 Å². The van der Waals surface area contributed by atoms with Crippen molar-refractivity contribution in [2.24, 2.45) is 0 Å². The van der Waals surface area contributed by atoms with E-state index in [9.17, 15) is 9.59 Å². The van der Waals surface area contributed by atoms with E-state index in [4.69, 9.17) is 23.2 Å². The van der Waals surface area contributed by atoms with Crippen LogP contribution in [0.4, 0.5) is 4.79 Å². The van der Waals surface area contributed by atoms with Crippen molar-refractivity contribution in [1.29, 1.82) is 0 Å². The normalized spacial score (nSPS) is 9.84. The molecule has 0 aliphatic heterocycles. The third-order valence-corrected chi connectivity index (χ3v) is 2.59. The van der Waals surface area contributed by atoms with Gasteiger partial charge in [-0.15, -0.1) is 0 Å². The smallest absolute Gasteiger partial charge is 0.314 e. The lowest BCUT2D eigenvalue weighted by Gasteiger charge is -2.08. The molecule has 0 fully saturated rings. The molecule has 0 atom stereocenters. The number of benzene rings is 1. The molecule has 3 amide bonds. The molecule has 0 saturated carbocycles. The molecule has 0 aromatic heterocycles. The van der Waals surface area contributed by atoms with Crippen LogP contribution in [0.3, 0.4) is 0 Å². The van der Waals surface area contributed by atoms with Gasteiger partial charge in [-0.2, -0.15) is 0 Å². The Morgan fingerprint density at radius 1 is 1.00 bits per heavy atom. The van der Waals surface area contributed by atoms with E-state index in [1.54, 1.807) is 6.07 Å². The number of urea groups is 1. The zero-order valence-corrected chi connectivity index (χ0v) is 11.9. The molecule has 0 aliphatic rings. The van der Waals surface area contributed by atoms with E-state index < -0.39 is 0 Å². The van der Waals surface area contributed by atoms with Gasteiger partial charge in [-0.05, 0) is 25.1 Å². The summed E-state index contributed by atoms with van der Waals surface area (Å²) in [6.07, 6.45) is 0. The second kappa shape index (κ2) is 7.86. The van der Waals surface area contributed by atoms with Crippen LogP contribution in [0.25, 0.3) is 0 Å². The lowest BCUT2D eigenvalue weighted by Crippen LogP contribution is -2.40. The largest absolute Gasteiger partial charge is 0.350 e. The Balaban J connectivity index is 2.37. The molecule has 0 saturated heterocycles. The Morgan fingerprint density at radius 3 is 2.16 bits per heavy atom. The van der Waals surface area contributed by atoms with Gasteiger partial charge in [0.15, 0.2) is 0 Å². The monoisotopic (exact) mass is 303 g/mol. The average Bonchev–Trinajstić information content (AvgIpc) is 2.33. The molecule has 0 unspecified atom stereocenters. The average molecular weight is 304 g/mol. The Kier molecular flexibility index (Phi) is 6.45. The zero-order valence-electron chi connectivity index (χ0n) is 10.4. The molecular formula is C12H15Cl2N3O2. The molecule has 0 heterocycles. The number of carbonyl (C=O) groups excluding carboxylic acids is 2. The number of rotatable bonds is 5. The van der Waals surface area contributed by atoms with Gasteiger partial charge in [-0.1, -0.05) is 23.2 Å². The van der Waals surface area contributed by atoms with Crippen molar-refractivity contribution in [2.45, 2.75) is 6.92 Å². The summed E-state index contributed by atoms with van der Waals surface area (Å²) in [4.78, 5) is 22.8. The fourth-order valence-electron chi connectivity index (χ4n) is 1.36. The highest BCUT2D eigenvalue weighted by Crippen LogP contribution is 2.18. The van der Waals surface area contributed by atoms with Gasteiger partial charge in [0.05, 0.1) is 0 Å². The van der Waals surface area contributed by atoms with Crippen molar-refractivity contribution in [3.8, 4) is 0 Å². The molecule has 0 radical (unpaired) electrons. The maximum Gasteiger partial charge on any atom is 0.314 e. The van der Waals surface area contributed by atoms with Crippen LogP contribution in [0.1, 0.15) is 17.3 Å². The van der Waals surface area contributed by atoms with Crippen LogP contribution in [-0.2, 0) is 0 Å². The van der Waals surface area contributed by atoms with Crippen molar-refractivity contribution in [3.05, 3.63) is 33.8 Å². The van der Waals surface area contributed by atoms with Crippen LogP contribution in [0.2, 0.25) is 10.0 Å². The van der Waals surface area contributed by atoms with Gasteiger partial charge in [0.1, 0.15) is 0 Å². The minimum atomic E-state index is -0.290. The summed E-state index contributed by atoms with van der Waals surface area (Å²) < 4.78 is 0. The highest BCUT2D eigenvalue weighted by atomic mass is 35.5. The Labute approximate surface area is 121 Å². The second-order valence-electron chi connectivity index (χ2n) is 3.70. The van der Waals surface area contributed by atoms with Crippen molar-refractivity contribution in [3.63, 3.8) is 0 Å². The van der Waals surface area contributed by atoms with Gasteiger partial charge in [-0.3, -0.25) is 4.79 Å². The van der Waals surface area contributed by atoms with Crippen LogP contribution >= 0.6 is 23.2 Å². The van der Waals surface area contributed by atoms with E-state index in [-0.39, 0.29) is 11.9 Å². The molecule has 3 N–H and O–H groups in total. The predicted octanol–water partition coefficient (Wildman–Crippen LogP) is 2.04. The van der Waals surface area contributed by atoms with Crippen molar-refractivity contribution < 1.29 is 9.59 Å². The molecule has 1 rings (SSSR count). The SMILES string of the molecule is CCNC(=O)NCCNC(=O)c1cc(Cl)cc(Cl)c1. The first-order chi connectivity index (χ1) is 9.02. The van der Waals surface area contributed by atoms with Gasteiger partial charge >= 0.3 is 6.03 Å². The van der Waals surface area contributed by atoms with Gasteiger partial charge in [0.25, 0.3) is 5.91 Å². The predicted molar refractivity (Wildman–Crippen MR) is 75.9 cm³/mol. The number of amides is 3. The molecule has 0 spiro atoms. The molecule has 19 heavy (non-hydrogen) atoms. The van der Waals surface area contributed by atoms with Crippen LogP contribution in [-0.4, -0.2) is 31.6 Å². The number of nitrogens with one attached hydrogen (secondary N) is 3. The van der Waals surface area contributed by atoms with Gasteiger partial charge < -0.3 is 16.0 Å². The quantitative estimate of drug-likeness (QED) is 0.729. The summed E-state index contributed by atoms with van der Waals surface area (Å²) in [7, 11) is 0. The Hall–Kier alpha value is -1.46. The molecule has 0 bridgehead atoms. The first-order valence-corrected chi connectivity index (χ1v) is 6.54. The lowest BCUT2D eigenvalue weighted by atomic mass is 10.2. The van der Waals surface area contributed by atoms with E-state index in [0.717, 1.165) is 0 Å². The Bertz CT molecular complexity index is 446. The molecule has 5 nitrogen and oxygen atoms in total. The molecule has 104 valence electrons. The molecular weight excluding hydrogens is 289 g/mol. The summed E-state index contributed by atoms with van der Waals surface area (Å²) in [6, 6.07) is 4.35. The molecule has 0 aliphatic carbocycles. The topological polar surface area (TPSA) is 70.2 Å². The summed E-state index contributed by atoms with van der Waals surface area (Å²) in [6.45, 7) is 3.04. The van der Waals surface area contributed by atoms with Crippen molar-refractivity contribution >= 4 is 35.1 Å². The minimum Gasteiger partial charge on any atom is -0.350 e. The number of hydrogen-bond donors (Lipinski definition) is 3. The fraction of sp³-hybridized carbons (Fsp3) is 0.333. The Morgan fingerprint density at radius 2 is 1.58 bits per heavy atom. The van der Waals surface area contributed by atoms with Crippen LogP contribution in [0.5, 0.6) is 0 Å². The highest BCUT2D eigenvalue weighted by molar-refractivity contribution is 6.35. The first-order valence-electron chi connectivity index (χ1n) is 5.79. The standard InChI is InChI=1S/C12H15Cl2N3O2/c1-2-15-12(19)17-4-3-16-11(18)8-5-9(13)7-10(14)6-8/h5-7H,2-4H2,1H3,(H,16,18)(H2,15,17,19). The van der Waals surface area contributed by atoms with Crippen LogP contribution in [0.15, 0.2) is 18.2 Å². The first kappa shape index (κ1) is 15.6. The van der Waals surface area contributed by atoms with Crippen LogP contribution in [0, 0.1) is 0 Å². The minimum absolute atomic E-state index is 0.262. The maximum atomic E-state index is 11.8. The van der Waals surface area contributed by atoms with Crippen LogP contribution < -0.4 is 16.0 Å². The van der Waals surface area contributed by atoms with E-state index in [2.05, 4.69) is 16.0 Å². The van der Waals surface area contributed by atoms with E-state index in [1.165, 1.54) is 12.1 Å². The molecule has 1 aromatic carbocycles. The summed E-state index contributed by atoms with van der Waals surface area (Å²) >= 11 is 11.6. The van der Waals surface area contributed by atoms with E-state index in [1.807, 2.05) is 6.92 Å². The van der Waals surface area contributed by atoms with Crippen molar-refractivity contribution in [1.82, 2.24) is 16.0 Å². The number of halogens is 2. The molecule has 7 heteroatoms. The number of hydrogen-bond acceptors (Lipinski definition) is 2. The van der Waals surface area contributed by atoms with E-state index >= 15 is 0 Å². The lowest BCUT2D eigenvalue weighted by molar-refractivity contribution is 0.0954. The maximum absolute atomic E-state index is 11.8. The van der Waals surface area contributed by atoms with E-state index in [0.29, 0.717) is 35.2 Å². The fourth-order valence-corrected chi connectivity index (χ4v) is 1.89. The zero-order chi connectivity index (χ0) is 14.3. The van der Waals surface area contributed by atoms with Gasteiger partial charge in [-0.25, -0.2) is 4.79 Å². The van der Waals surface area contributed by atoms with Gasteiger partial charge in [0, 0.05) is 35.2 Å². The van der Waals surface area contributed by atoms with Gasteiger partial charge in [0.2, 0.25) is 0 Å². The molecule has 1 aromatic rings. The third kappa shape index (κ3) is 5.81. The summed E-state index contributed by atoms with van der Waals surface area (Å²) in [5, 5.41) is 8.63. The summed E-state index contributed by atoms with van der Waals surface area (Å²) in [5.74, 6) is -0.290. The highest BCUT2D eigenvalue weighted by Gasteiger charge is 2.07. The second-order valence-corrected chi connectivity index (χ2v) is 4.57. The third-order valence-electron chi connectivity index (χ3n) is 2.16. The number of carbonyl (C=O) groups is 2. The summed E-state index contributed by atoms with van der Waals surface area (Å²) in [5.41, 5.74) is 0.385.